The van der Waals surface area contributed by atoms with Crippen molar-refractivity contribution in [2.75, 3.05) is 0 Å². The third kappa shape index (κ3) is 1.92. The van der Waals surface area contributed by atoms with Crippen LogP contribution in [-0.2, 0) is 0 Å². The topological polar surface area (TPSA) is 0 Å². The van der Waals surface area contributed by atoms with Gasteiger partial charge in [0.2, 0.25) is 0 Å². The number of benzene rings is 1. The summed E-state index contributed by atoms with van der Waals surface area (Å²) in [5.74, 6) is 0.526. The van der Waals surface area contributed by atoms with Crippen LogP contribution in [0.2, 0.25) is 0 Å². The molecule has 1 aromatic rings. The highest BCUT2D eigenvalue weighted by atomic mass is 19.2. The Bertz CT molecular complexity index is 563. The molecule has 0 aliphatic heterocycles. The Morgan fingerprint density at radius 3 is 2.32 bits per heavy atom. The molecule has 1 aromatic carbocycles. The molecule has 3 rings (SSSR count). The van der Waals surface area contributed by atoms with Crippen LogP contribution in [0.4, 0.5) is 8.78 Å². The lowest BCUT2D eigenvalue weighted by atomic mass is 9.85. The maximum absolute atomic E-state index is 14.0. The van der Waals surface area contributed by atoms with E-state index in [0.29, 0.717) is 34.3 Å². The van der Waals surface area contributed by atoms with Crippen molar-refractivity contribution in [3.8, 4) is 0 Å². The van der Waals surface area contributed by atoms with Crippen LogP contribution < -0.4 is 0 Å². The molecule has 0 nitrogen and oxygen atoms in total. The first-order valence-electron chi connectivity index (χ1n) is 6.96. The summed E-state index contributed by atoms with van der Waals surface area (Å²) in [6, 6.07) is 3.39. The van der Waals surface area contributed by atoms with E-state index >= 15 is 0 Å². The summed E-state index contributed by atoms with van der Waals surface area (Å²) in [6.07, 6.45) is 3.07. The molecular weight excluding hydrogens is 242 g/mol. The minimum atomic E-state index is -0.702. The second-order valence-electron chi connectivity index (χ2n) is 7.09. The zero-order valence-corrected chi connectivity index (χ0v) is 11.9. The Morgan fingerprint density at radius 2 is 1.79 bits per heavy atom. The van der Waals surface area contributed by atoms with Crippen LogP contribution in [0.5, 0.6) is 0 Å². The van der Waals surface area contributed by atoms with Gasteiger partial charge in [-0.1, -0.05) is 39.0 Å². The first kappa shape index (κ1) is 12.8. The van der Waals surface area contributed by atoms with Crippen LogP contribution in [-0.4, -0.2) is 0 Å². The molecule has 19 heavy (non-hydrogen) atoms. The molecule has 0 bridgehead atoms. The highest BCUT2D eigenvalue weighted by Gasteiger charge is 2.57. The molecule has 3 atom stereocenters. The average molecular weight is 262 g/mol. The van der Waals surface area contributed by atoms with Crippen LogP contribution in [0.15, 0.2) is 18.2 Å². The normalized spacial score (nSPS) is 29.2. The summed E-state index contributed by atoms with van der Waals surface area (Å²) >= 11 is 0. The molecule has 3 unspecified atom stereocenters. The standard InChI is InChI=1S/C17H20F2/c1-9-5-6-11(16(19)15(9)18)10-7-12-13(8-10)14(12)17(2,3)4/h5-7,12-14H,8H2,1-4H3. The first-order chi connectivity index (χ1) is 8.80. The molecule has 2 aliphatic carbocycles. The molecular formula is C17H20F2. The minimum Gasteiger partial charge on any atom is -0.203 e. The number of hydrogen-bond donors (Lipinski definition) is 0. The van der Waals surface area contributed by atoms with E-state index in [0.717, 1.165) is 12.0 Å². The lowest BCUT2D eigenvalue weighted by molar-refractivity contribution is 0.321. The van der Waals surface area contributed by atoms with Crippen molar-refractivity contribution in [2.24, 2.45) is 23.2 Å². The van der Waals surface area contributed by atoms with Gasteiger partial charge in [0.05, 0.1) is 0 Å². The van der Waals surface area contributed by atoms with Gasteiger partial charge in [-0.05, 0) is 47.6 Å². The van der Waals surface area contributed by atoms with Gasteiger partial charge in [-0.3, -0.25) is 0 Å². The predicted molar refractivity (Wildman–Crippen MR) is 73.6 cm³/mol. The van der Waals surface area contributed by atoms with E-state index in [1.165, 1.54) is 0 Å². The Hall–Kier alpha value is -1.18. The predicted octanol–water partition coefficient (Wildman–Crippen LogP) is 4.97. The number of allylic oxidation sites excluding steroid dienone is 2. The Morgan fingerprint density at radius 1 is 1.11 bits per heavy atom. The lowest BCUT2D eigenvalue weighted by Gasteiger charge is -2.20. The molecule has 102 valence electrons. The molecule has 0 spiro atoms. The summed E-state index contributed by atoms with van der Waals surface area (Å²) < 4.78 is 27.6. The molecule has 0 amide bonds. The molecule has 0 aromatic heterocycles. The first-order valence-corrected chi connectivity index (χ1v) is 6.96. The average Bonchev–Trinajstić information content (AvgIpc) is 2.85. The molecule has 0 heterocycles. The summed E-state index contributed by atoms with van der Waals surface area (Å²) in [6.45, 7) is 8.37. The third-order valence-corrected chi connectivity index (χ3v) is 4.70. The van der Waals surface area contributed by atoms with Gasteiger partial charge >= 0.3 is 0 Å². The summed E-state index contributed by atoms with van der Waals surface area (Å²) in [5, 5.41) is 0. The van der Waals surface area contributed by atoms with Crippen molar-refractivity contribution >= 4 is 5.57 Å². The van der Waals surface area contributed by atoms with E-state index in [-0.39, 0.29) is 0 Å². The van der Waals surface area contributed by atoms with Crippen LogP contribution in [0.3, 0.4) is 0 Å². The lowest BCUT2D eigenvalue weighted by Crippen LogP contribution is -2.11. The van der Waals surface area contributed by atoms with Gasteiger partial charge in [-0.2, -0.15) is 0 Å². The zero-order valence-electron chi connectivity index (χ0n) is 11.9. The Kier molecular flexibility index (Phi) is 2.64. The van der Waals surface area contributed by atoms with E-state index < -0.39 is 11.6 Å². The number of halogens is 2. The smallest absolute Gasteiger partial charge is 0.166 e. The summed E-state index contributed by atoms with van der Waals surface area (Å²) in [4.78, 5) is 0. The van der Waals surface area contributed by atoms with Gasteiger partial charge in [-0.25, -0.2) is 8.78 Å². The van der Waals surface area contributed by atoms with Gasteiger partial charge in [0.1, 0.15) is 0 Å². The summed E-state index contributed by atoms with van der Waals surface area (Å²) in [5.41, 5.74) is 2.14. The van der Waals surface area contributed by atoms with E-state index in [9.17, 15) is 8.78 Å². The molecule has 0 saturated heterocycles. The molecule has 0 radical (unpaired) electrons. The maximum Gasteiger partial charge on any atom is 0.166 e. The fourth-order valence-electron chi connectivity index (χ4n) is 3.76. The fraction of sp³-hybridized carbons (Fsp3) is 0.529. The number of fused-ring (bicyclic) bond motifs is 1. The zero-order chi connectivity index (χ0) is 13.9. The highest BCUT2D eigenvalue weighted by Crippen LogP contribution is 2.64. The number of hydrogen-bond acceptors (Lipinski definition) is 0. The number of aryl methyl sites for hydroxylation is 1. The van der Waals surface area contributed by atoms with Crippen LogP contribution in [0.25, 0.3) is 5.57 Å². The van der Waals surface area contributed by atoms with Crippen molar-refractivity contribution in [3.63, 3.8) is 0 Å². The second kappa shape index (κ2) is 3.91. The van der Waals surface area contributed by atoms with E-state index in [1.807, 2.05) is 0 Å². The van der Waals surface area contributed by atoms with Crippen molar-refractivity contribution in [1.29, 1.82) is 0 Å². The molecule has 0 N–H and O–H groups in total. The van der Waals surface area contributed by atoms with Gasteiger partial charge in [0.15, 0.2) is 11.6 Å². The van der Waals surface area contributed by atoms with E-state index in [2.05, 4.69) is 26.8 Å². The van der Waals surface area contributed by atoms with Crippen molar-refractivity contribution in [3.05, 3.63) is 41.0 Å². The molecule has 2 aliphatic rings. The SMILES string of the molecule is Cc1ccc(C2=CC3C(C2)C3C(C)(C)C)c(F)c1F. The largest absolute Gasteiger partial charge is 0.203 e. The number of rotatable bonds is 1. The molecule has 1 fully saturated rings. The Balaban J connectivity index is 1.88. The van der Waals surface area contributed by atoms with Crippen molar-refractivity contribution in [2.45, 2.75) is 34.1 Å². The minimum absolute atomic E-state index is 0.314. The highest BCUT2D eigenvalue weighted by molar-refractivity contribution is 5.70. The van der Waals surface area contributed by atoms with Gasteiger partial charge < -0.3 is 0 Å². The van der Waals surface area contributed by atoms with Crippen LogP contribution >= 0.6 is 0 Å². The van der Waals surface area contributed by atoms with Crippen molar-refractivity contribution < 1.29 is 8.78 Å². The molecule has 2 heteroatoms. The fourth-order valence-corrected chi connectivity index (χ4v) is 3.76. The monoisotopic (exact) mass is 262 g/mol. The molecule has 1 saturated carbocycles. The van der Waals surface area contributed by atoms with Gasteiger partial charge in [0, 0.05) is 5.56 Å². The van der Waals surface area contributed by atoms with Crippen LogP contribution in [0.1, 0.15) is 38.3 Å². The quantitative estimate of drug-likeness (QED) is 0.670. The summed E-state index contributed by atoms with van der Waals surface area (Å²) in [7, 11) is 0. The van der Waals surface area contributed by atoms with Gasteiger partial charge in [0.25, 0.3) is 0 Å². The van der Waals surface area contributed by atoms with Crippen molar-refractivity contribution in [1.82, 2.24) is 0 Å². The second-order valence-corrected chi connectivity index (χ2v) is 7.09. The Labute approximate surface area is 113 Å². The van der Waals surface area contributed by atoms with E-state index in [1.54, 1.807) is 19.1 Å². The van der Waals surface area contributed by atoms with E-state index in [4.69, 9.17) is 0 Å². The van der Waals surface area contributed by atoms with Gasteiger partial charge in [-0.15, -0.1) is 0 Å². The maximum atomic E-state index is 14.0. The third-order valence-electron chi connectivity index (χ3n) is 4.70. The van der Waals surface area contributed by atoms with Crippen LogP contribution in [0, 0.1) is 41.7 Å².